The monoisotopic (exact) mass is 604 g/mol. The quantitative estimate of drug-likeness (QED) is 0.247. The third-order valence-corrected chi connectivity index (χ3v) is 10.2. The van der Waals surface area contributed by atoms with Gasteiger partial charge in [-0.15, -0.1) is 0 Å². The summed E-state index contributed by atoms with van der Waals surface area (Å²) in [4.78, 5) is 39.9. The minimum Gasteiger partial charge on any atom is -0.457 e. The number of nitrogens with one attached hydrogen (secondary N) is 1. The lowest BCUT2D eigenvalue weighted by molar-refractivity contribution is -0.122. The van der Waals surface area contributed by atoms with Crippen molar-refractivity contribution >= 4 is 57.1 Å². The van der Waals surface area contributed by atoms with Gasteiger partial charge in [0, 0.05) is 10.0 Å². The van der Waals surface area contributed by atoms with E-state index in [1.54, 1.807) is 18.2 Å². The van der Waals surface area contributed by atoms with E-state index in [-0.39, 0.29) is 11.0 Å². The molecule has 5 fully saturated rings. The summed E-state index contributed by atoms with van der Waals surface area (Å²) in [7, 11) is 0. The molecule has 3 aromatic rings. The number of imide groups is 2. The zero-order valence-electron chi connectivity index (χ0n) is 21.1. The first kappa shape index (κ1) is 24.9. The minimum atomic E-state index is -0.755. The highest BCUT2D eigenvalue weighted by Gasteiger charge is 2.51. The van der Waals surface area contributed by atoms with Crippen LogP contribution in [0.5, 0.6) is 0 Å². The third-order valence-electron chi connectivity index (χ3n) is 9.00. The third kappa shape index (κ3) is 4.27. The Morgan fingerprint density at radius 3 is 2.23 bits per heavy atom. The molecule has 1 aliphatic heterocycles. The van der Waals surface area contributed by atoms with Gasteiger partial charge in [0.15, 0.2) is 0 Å². The minimum absolute atomic E-state index is 0.172. The van der Waals surface area contributed by atoms with Gasteiger partial charge in [0.1, 0.15) is 17.1 Å². The number of hydrogen-bond donors (Lipinski definition) is 1. The molecular weight excluding hydrogens is 580 g/mol. The van der Waals surface area contributed by atoms with Crippen LogP contribution in [-0.4, -0.2) is 17.8 Å². The summed E-state index contributed by atoms with van der Waals surface area (Å²) < 4.78 is 6.64. The molecular formula is C31H26BrClN2O4. The predicted molar refractivity (Wildman–Crippen MR) is 152 cm³/mol. The summed E-state index contributed by atoms with van der Waals surface area (Å²) in [5, 5.41) is 2.83. The van der Waals surface area contributed by atoms with Crippen LogP contribution in [0.1, 0.15) is 49.8 Å². The molecule has 6 nitrogen and oxygen atoms in total. The van der Waals surface area contributed by atoms with Gasteiger partial charge in [-0.25, -0.2) is 9.69 Å². The van der Waals surface area contributed by atoms with E-state index in [1.807, 2.05) is 24.3 Å². The predicted octanol–water partition coefficient (Wildman–Crippen LogP) is 7.50. The topological polar surface area (TPSA) is 79.6 Å². The number of carbonyl (C=O) groups is 3. The molecule has 0 unspecified atom stereocenters. The molecule has 4 amide bonds. The summed E-state index contributed by atoms with van der Waals surface area (Å²) >= 11 is 9.57. The summed E-state index contributed by atoms with van der Waals surface area (Å²) in [6.45, 7) is 0. The Bertz CT molecular complexity index is 1520. The smallest absolute Gasteiger partial charge is 0.335 e. The lowest BCUT2D eigenvalue weighted by Crippen LogP contribution is -2.54. The van der Waals surface area contributed by atoms with E-state index in [9.17, 15) is 14.4 Å². The Balaban J connectivity index is 1.15. The lowest BCUT2D eigenvalue weighted by Gasteiger charge is -2.57. The van der Waals surface area contributed by atoms with Crippen molar-refractivity contribution in [3.05, 3.63) is 81.0 Å². The van der Waals surface area contributed by atoms with Crippen LogP contribution in [0.15, 0.2) is 69.1 Å². The molecule has 5 aliphatic rings. The van der Waals surface area contributed by atoms with Gasteiger partial charge in [-0.05, 0) is 126 Å². The van der Waals surface area contributed by atoms with Crippen molar-refractivity contribution in [2.45, 2.75) is 43.9 Å². The van der Waals surface area contributed by atoms with Crippen LogP contribution in [0, 0.1) is 17.8 Å². The van der Waals surface area contributed by atoms with E-state index in [0.29, 0.717) is 22.2 Å². The van der Waals surface area contributed by atoms with Crippen LogP contribution >= 0.6 is 27.5 Å². The molecule has 2 aromatic carbocycles. The number of urea groups is 1. The van der Waals surface area contributed by atoms with Gasteiger partial charge in [0.2, 0.25) is 0 Å². The highest BCUT2D eigenvalue weighted by atomic mass is 79.9. The Morgan fingerprint density at radius 2 is 1.59 bits per heavy atom. The van der Waals surface area contributed by atoms with Crippen LogP contribution in [0.2, 0.25) is 5.02 Å². The molecule has 0 atom stereocenters. The largest absolute Gasteiger partial charge is 0.457 e. The molecule has 39 heavy (non-hydrogen) atoms. The second-order valence-corrected chi connectivity index (χ2v) is 12.8. The number of carbonyl (C=O) groups excluding carboxylic acids is 3. The molecule has 198 valence electrons. The molecule has 8 rings (SSSR count). The van der Waals surface area contributed by atoms with Gasteiger partial charge < -0.3 is 4.42 Å². The Hall–Kier alpha value is -3.16. The van der Waals surface area contributed by atoms with Gasteiger partial charge >= 0.3 is 6.03 Å². The van der Waals surface area contributed by atoms with Crippen molar-refractivity contribution in [3.63, 3.8) is 0 Å². The number of anilines is 1. The van der Waals surface area contributed by atoms with Gasteiger partial charge in [-0.1, -0.05) is 29.8 Å². The Labute approximate surface area is 239 Å². The Kier molecular flexibility index (Phi) is 5.86. The fourth-order valence-electron chi connectivity index (χ4n) is 7.70. The number of rotatable bonds is 4. The number of hydrogen-bond acceptors (Lipinski definition) is 4. The van der Waals surface area contributed by atoms with Gasteiger partial charge in [0.25, 0.3) is 11.8 Å². The van der Waals surface area contributed by atoms with Gasteiger partial charge in [0.05, 0.1) is 10.7 Å². The molecule has 0 spiro atoms. The second kappa shape index (κ2) is 9.20. The molecule has 4 saturated carbocycles. The first-order valence-corrected chi connectivity index (χ1v) is 14.5. The molecule has 8 heteroatoms. The maximum atomic E-state index is 13.4. The SMILES string of the molecule is O=C1NC(=O)N(c2ccc(C34CC5CC(CC(C5)C3)C4)cc2)C(=O)/C1=C/c1ccc(-c2ccc(Br)c(Cl)c2)o1. The van der Waals surface area contributed by atoms with Crippen molar-refractivity contribution in [2.24, 2.45) is 17.8 Å². The Morgan fingerprint density at radius 1 is 0.923 bits per heavy atom. The van der Waals surface area contributed by atoms with E-state index in [0.717, 1.165) is 32.7 Å². The molecule has 4 aliphatic carbocycles. The van der Waals surface area contributed by atoms with Gasteiger partial charge in [-0.3, -0.25) is 14.9 Å². The van der Waals surface area contributed by atoms with Crippen LogP contribution in [0.25, 0.3) is 17.4 Å². The maximum Gasteiger partial charge on any atom is 0.335 e. The summed E-state index contributed by atoms with van der Waals surface area (Å²) in [6.07, 6.45) is 9.19. The zero-order valence-corrected chi connectivity index (χ0v) is 23.4. The van der Waals surface area contributed by atoms with Crippen molar-refractivity contribution in [1.82, 2.24) is 5.32 Å². The fourth-order valence-corrected chi connectivity index (χ4v) is 8.12. The van der Waals surface area contributed by atoms with Crippen molar-refractivity contribution in [3.8, 4) is 11.3 Å². The average molecular weight is 606 g/mol. The molecule has 1 aromatic heterocycles. The van der Waals surface area contributed by atoms with Crippen LogP contribution < -0.4 is 10.2 Å². The number of amides is 4. The van der Waals surface area contributed by atoms with Crippen LogP contribution in [0.3, 0.4) is 0 Å². The summed E-state index contributed by atoms with van der Waals surface area (Å²) in [6, 6.07) is 15.9. The number of halogens is 2. The van der Waals surface area contributed by atoms with Crippen molar-refractivity contribution in [2.75, 3.05) is 4.90 Å². The van der Waals surface area contributed by atoms with E-state index in [1.165, 1.54) is 50.2 Å². The van der Waals surface area contributed by atoms with E-state index in [2.05, 4.69) is 33.4 Å². The van der Waals surface area contributed by atoms with E-state index in [4.69, 9.17) is 16.0 Å². The zero-order chi connectivity index (χ0) is 26.9. The molecule has 1 N–H and O–H groups in total. The number of furan rings is 1. The van der Waals surface area contributed by atoms with Crippen molar-refractivity contribution in [1.29, 1.82) is 0 Å². The maximum absolute atomic E-state index is 13.4. The van der Waals surface area contributed by atoms with Gasteiger partial charge in [-0.2, -0.15) is 0 Å². The average Bonchev–Trinajstić information content (AvgIpc) is 3.36. The number of barbiturate groups is 1. The summed E-state index contributed by atoms with van der Waals surface area (Å²) in [5.74, 6) is 1.89. The normalized spacial score (nSPS) is 28.9. The number of benzene rings is 2. The van der Waals surface area contributed by atoms with Crippen LogP contribution in [0.4, 0.5) is 10.5 Å². The van der Waals surface area contributed by atoms with E-state index < -0.39 is 17.8 Å². The first-order chi connectivity index (χ1) is 18.8. The highest BCUT2D eigenvalue weighted by molar-refractivity contribution is 9.10. The van der Waals surface area contributed by atoms with Crippen molar-refractivity contribution < 1.29 is 18.8 Å². The fraction of sp³-hybridized carbons (Fsp3) is 0.323. The second-order valence-electron chi connectivity index (χ2n) is 11.5. The molecule has 0 radical (unpaired) electrons. The lowest BCUT2D eigenvalue weighted by atomic mass is 9.48. The standard InChI is InChI=1S/C31H26BrClN2O4/c32-25-7-1-20(12-26(25)33)27-8-6-23(39-27)13-24-28(36)34-30(38)35(29(24)37)22-4-2-21(3-5-22)31-14-17-9-18(15-31)11-19(10-17)16-31/h1-8,12-13,17-19H,9-11,14-16H2,(H,34,36,38)/b24-13+. The highest BCUT2D eigenvalue weighted by Crippen LogP contribution is 2.60. The van der Waals surface area contributed by atoms with E-state index >= 15 is 0 Å². The molecule has 2 heterocycles. The molecule has 1 saturated heterocycles. The summed E-state index contributed by atoms with van der Waals surface area (Å²) in [5.41, 5.74) is 2.54. The van der Waals surface area contributed by atoms with Crippen LogP contribution in [-0.2, 0) is 15.0 Å². The number of nitrogens with zero attached hydrogens (tertiary/aromatic N) is 1. The molecule has 4 bridgehead atoms. The first-order valence-electron chi connectivity index (χ1n) is 13.4.